The van der Waals surface area contributed by atoms with Crippen LogP contribution in [-0.4, -0.2) is 25.0 Å². The van der Waals surface area contributed by atoms with E-state index < -0.39 is 6.03 Å². The number of urea groups is 1. The first-order chi connectivity index (χ1) is 12.5. The first-order valence-corrected chi connectivity index (χ1v) is 9.06. The molecule has 0 aliphatic heterocycles. The van der Waals surface area contributed by atoms with E-state index >= 15 is 0 Å². The first-order valence-electron chi connectivity index (χ1n) is 8.31. The number of benzene rings is 2. The van der Waals surface area contributed by atoms with Crippen molar-refractivity contribution >= 4 is 40.8 Å². The summed E-state index contributed by atoms with van der Waals surface area (Å²) in [6.07, 6.45) is 0.901. The maximum Gasteiger partial charge on any atom is 0.315 e. The Bertz CT molecular complexity index is 754. The molecule has 2 aromatic carbocycles. The van der Waals surface area contributed by atoms with E-state index in [0.717, 1.165) is 6.42 Å². The number of anilines is 1. The highest BCUT2D eigenvalue weighted by Crippen LogP contribution is 2.25. The molecule has 7 heteroatoms. The number of nitrogens with one attached hydrogen (secondary N) is 3. The van der Waals surface area contributed by atoms with Crippen molar-refractivity contribution in [1.82, 2.24) is 10.6 Å². The molecule has 0 aliphatic carbocycles. The van der Waals surface area contributed by atoms with Crippen molar-refractivity contribution < 1.29 is 9.59 Å². The van der Waals surface area contributed by atoms with Gasteiger partial charge in [-0.1, -0.05) is 60.5 Å². The molecule has 5 nitrogen and oxygen atoms in total. The molecular weight excluding hydrogens is 373 g/mol. The highest BCUT2D eigenvalue weighted by molar-refractivity contribution is 6.35. The summed E-state index contributed by atoms with van der Waals surface area (Å²) in [6, 6.07) is 14.4. The molecule has 0 saturated heterocycles. The van der Waals surface area contributed by atoms with Gasteiger partial charge in [0.1, 0.15) is 0 Å². The van der Waals surface area contributed by atoms with Crippen LogP contribution in [0.4, 0.5) is 10.5 Å². The first kappa shape index (κ1) is 20.1. The molecule has 0 bridgehead atoms. The highest BCUT2D eigenvalue weighted by Gasteiger charge is 2.12. The van der Waals surface area contributed by atoms with E-state index in [1.54, 1.807) is 18.2 Å². The summed E-state index contributed by atoms with van der Waals surface area (Å²) < 4.78 is 0. The van der Waals surface area contributed by atoms with E-state index in [4.69, 9.17) is 23.2 Å². The predicted octanol–water partition coefficient (Wildman–Crippen LogP) is 4.42. The molecule has 3 N–H and O–H groups in total. The molecule has 0 aromatic heterocycles. The van der Waals surface area contributed by atoms with Crippen molar-refractivity contribution in [1.29, 1.82) is 0 Å². The fraction of sp³-hybridized carbons (Fsp3) is 0.263. The summed E-state index contributed by atoms with van der Waals surface area (Å²) >= 11 is 11.9. The molecule has 0 spiro atoms. The van der Waals surface area contributed by atoms with Gasteiger partial charge in [0.15, 0.2) is 0 Å². The van der Waals surface area contributed by atoms with Crippen molar-refractivity contribution in [2.75, 3.05) is 18.4 Å². The van der Waals surface area contributed by atoms with E-state index in [2.05, 4.69) is 22.9 Å². The van der Waals surface area contributed by atoms with Crippen molar-refractivity contribution in [3.05, 3.63) is 64.1 Å². The topological polar surface area (TPSA) is 70.2 Å². The summed E-state index contributed by atoms with van der Waals surface area (Å²) in [4.78, 5) is 23.9. The van der Waals surface area contributed by atoms with Gasteiger partial charge >= 0.3 is 6.03 Å². The number of carbonyl (C=O) groups excluding carboxylic acids is 2. The molecule has 0 fully saturated rings. The minimum Gasteiger partial charge on any atom is -0.338 e. The fourth-order valence-electron chi connectivity index (χ4n) is 2.45. The standard InChI is InChI=1S/C19H21Cl2N3O2/c1-2-13(14-6-4-3-5-7-14)11-22-19(26)23-12-18(25)24-17-10-15(20)8-9-16(17)21/h3-10,13H,2,11-12H2,1H3,(H,24,25)(H2,22,23,26)/t13-/m1/s1. The zero-order valence-electron chi connectivity index (χ0n) is 14.4. The number of carbonyl (C=O) groups is 2. The third-order valence-electron chi connectivity index (χ3n) is 3.88. The predicted molar refractivity (Wildman–Crippen MR) is 106 cm³/mol. The van der Waals surface area contributed by atoms with Gasteiger partial charge in [0.25, 0.3) is 0 Å². The minimum atomic E-state index is -0.397. The Morgan fingerprint density at radius 3 is 2.46 bits per heavy atom. The Balaban J connectivity index is 1.77. The van der Waals surface area contributed by atoms with Crippen molar-refractivity contribution in [2.45, 2.75) is 19.3 Å². The maximum absolute atomic E-state index is 11.9. The Morgan fingerprint density at radius 2 is 1.77 bits per heavy atom. The van der Waals surface area contributed by atoms with Gasteiger partial charge in [-0.3, -0.25) is 4.79 Å². The van der Waals surface area contributed by atoms with Crippen LogP contribution in [0.5, 0.6) is 0 Å². The summed E-state index contributed by atoms with van der Waals surface area (Å²) in [5.41, 5.74) is 1.57. The van der Waals surface area contributed by atoms with Crippen LogP contribution in [0, 0.1) is 0 Å². The number of amides is 3. The molecule has 2 aromatic rings. The van der Waals surface area contributed by atoms with Gasteiger partial charge in [-0.15, -0.1) is 0 Å². The minimum absolute atomic E-state index is 0.170. The van der Waals surface area contributed by atoms with Gasteiger partial charge in [-0.25, -0.2) is 4.79 Å². The van der Waals surface area contributed by atoms with Crippen LogP contribution in [-0.2, 0) is 4.79 Å². The Hall–Kier alpha value is -2.24. The zero-order valence-corrected chi connectivity index (χ0v) is 15.9. The van der Waals surface area contributed by atoms with Gasteiger partial charge in [0, 0.05) is 17.5 Å². The third-order valence-corrected chi connectivity index (χ3v) is 4.45. The number of halogens is 2. The smallest absolute Gasteiger partial charge is 0.315 e. The van der Waals surface area contributed by atoms with Crippen LogP contribution in [0.15, 0.2) is 48.5 Å². The lowest BCUT2D eigenvalue weighted by Gasteiger charge is -2.16. The average Bonchev–Trinajstić information content (AvgIpc) is 2.64. The van der Waals surface area contributed by atoms with E-state index in [0.29, 0.717) is 22.3 Å². The maximum atomic E-state index is 11.9. The number of rotatable bonds is 7. The van der Waals surface area contributed by atoms with Gasteiger partial charge in [-0.05, 0) is 30.2 Å². The molecule has 0 radical (unpaired) electrons. The second kappa shape index (κ2) is 10.0. The van der Waals surface area contributed by atoms with E-state index in [-0.39, 0.29) is 18.4 Å². The summed E-state index contributed by atoms with van der Waals surface area (Å²) in [5, 5.41) is 8.77. The van der Waals surface area contributed by atoms with Crippen molar-refractivity contribution in [3.8, 4) is 0 Å². The second-order valence-electron chi connectivity index (χ2n) is 5.75. The number of hydrogen-bond donors (Lipinski definition) is 3. The summed E-state index contributed by atoms with van der Waals surface area (Å²) in [6.45, 7) is 2.39. The lowest BCUT2D eigenvalue weighted by atomic mass is 9.97. The molecule has 0 heterocycles. The van der Waals surface area contributed by atoms with Crippen LogP contribution in [0.2, 0.25) is 10.0 Å². The quantitative estimate of drug-likeness (QED) is 0.651. The Kier molecular flexibility index (Phi) is 7.75. The normalized spacial score (nSPS) is 11.5. The van der Waals surface area contributed by atoms with Crippen molar-refractivity contribution in [2.24, 2.45) is 0 Å². The molecule has 3 amide bonds. The molecule has 2 rings (SSSR count). The van der Waals surface area contributed by atoms with Crippen LogP contribution in [0.1, 0.15) is 24.8 Å². The van der Waals surface area contributed by atoms with Crippen LogP contribution in [0.3, 0.4) is 0 Å². The lowest BCUT2D eigenvalue weighted by Crippen LogP contribution is -2.41. The van der Waals surface area contributed by atoms with E-state index in [1.165, 1.54) is 5.56 Å². The highest BCUT2D eigenvalue weighted by atomic mass is 35.5. The fourth-order valence-corrected chi connectivity index (χ4v) is 2.79. The molecule has 26 heavy (non-hydrogen) atoms. The second-order valence-corrected chi connectivity index (χ2v) is 6.60. The van der Waals surface area contributed by atoms with Crippen LogP contribution < -0.4 is 16.0 Å². The Labute approximate surface area is 163 Å². The van der Waals surface area contributed by atoms with Crippen LogP contribution in [0.25, 0.3) is 0 Å². The molecule has 1 atom stereocenters. The summed E-state index contributed by atoms with van der Waals surface area (Å²) in [7, 11) is 0. The molecule has 0 aliphatic rings. The summed E-state index contributed by atoms with van der Waals surface area (Å²) in [5.74, 6) is -0.166. The van der Waals surface area contributed by atoms with Gasteiger partial charge in [0.2, 0.25) is 5.91 Å². The van der Waals surface area contributed by atoms with Gasteiger partial charge < -0.3 is 16.0 Å². The molecule has 0 saturated carbocycles. The SMILES string of the molecule is CC[C@H](CNC(=O)NCC(=O)Nc1cc(Cl)ccc1Cl)c1ccccc1. The van der Waals surface area contributed by atoms with Gasteiger partial charge in [-0.2, -0.15) is 0 Å². The van der Waals surface area contributed by atoms with Gasteiger partial charge in [0.05, 0.1) is 17.3 Å². The largest absolute Gasteiger partial charge is 0.338 e. The Morgan fingerprint density at radius 1 is 1.04 bits per heavy atom. The zero-order chi connectivity index (χ0) is 18.9. The third kappa shape index (κ3) is 6.24. The monoisotopic (exact) mass is 393 g/mol. The van der Waals surface area contributed by atoms with E-state index in [9.17, 15) is 9.59 Å². The van der Waals surface area contributed by atoms with Crippen LogP contribution >= 0.6 is 23.2 Å². The molecule has 0 unspecified atom stereocenters. The average molecular weight is 394 g/mol. The molecule has 138 valence electrons. The lowest BCUT2D eigenvalue weighted by molar-refractivity contribution is -0.115. The van der Waals surface area contributed by atoms with E-state index in [1.807, 2.05) is 30.3 Å². The van der Waals surface area contributed by atoms with Crippen molar-refractivity contribution in [3.63, 3.8) is 0 Å². The molecular formula is C19H21Cl2N3O2. The number of hydrogen-bond acceptors (Lipinski definition) is 2.